The number of unbranched alkanes of at least 4 members (excludes halogenated alkanes) is 6. The third-order valence-electron chi connectivity index (χ3n) is 7.24. The lowest BCUT2D eigenvalue weighted by Crippen LogP contribution is -2.47. The first kappa shape index (κ1) is 25.9. The summed E-state index contributed by atoms with van der Waals surface area (Å²) in [6.07, 6.45) is 11.0. The summed E-state index contributed by atoms with van der Waals surface area (Å²) in [5, 5.41) is 1.79. The van der Waals surface area contributed by atoms with Gasteiger partial charge in [0.25, 0.3) is 11.8 Å². The van der Waals surface area contributed by atoms with E-state index in [4.69, 9.17) is 0 Å². The topological polar surface area (TPSA) is 37.4 Å². The second kappa shape index (κ2) is 12.2. The van der Waals surface area contributed by atoms with Gasteiger partial charge in [0.15, 0.2) is 0 Å². The van der Waals surface area contributed by atoms with Crippen molar-refractivity contribution in [1.82, 2.24) is 4.90 Å². The Hall–Kier alpha value is -2.21. The fraction of sp³-hybridized carbons (Fsp3) is 0.419. The highest BCUT2D eigenvalue weighted by Crippen LogP contribution is 2.38. The molecule has 0 saturated heterocycles. The van der Waals surface area contributed by atoms with Crippen LogP contribution in [0, 0.1) is 3.57 Å². The third-order valence-corrected chi connectivity index (χ3v) is 7.96. The smallest absolute Gasteiger partial charge is 0.261 e. The molecule has 0 unspecified atom stereocenters. The quantitative estimate of drug-likeness (QED) is 0.122. The van der Waals surface area contributed by atoms with E-state index in [1.807, 2.05) is 30.3 Å². The number of carbonyl (C=O) groups is 2. The summed E-state index contributed by atoms with van der Waals surface area (Å²) in [6.45, 7) is 4.42. The highest BCUT2D eigenvalue weighted by atomic mass is 127. The lowest BCUT2D eigenvalue weighted by atomic mass is 9.87. The fourth-order valence-electron chi connectivity index (χ4n) is 5.34. The molecule has 3 nitrogen and oxygen atoms in total. The molecule has 4 heteroatoms. The van der Waals surface area contributed by atoms with Crippen LogP contribution in [0.2, 0.25) is 0 Å². The highest BCUT2D eigenvalue weighted by molar-refractivity contribution is 14.1. The molecule has 1 heterocycles. The van der Waals surface area contributed by atoms with E-state index in [9.17, 15) is 9.59 Å². The van der Waals surface area contributed by atoms with Gasteiger partial charge in [0.05, 0.1) is 0 Å². The maximum absolute atomic E-state index is 13.8. The van der Waals surface area contributed by atoms with Crippen molar-refractivity contribution in [2.75, 3.05) is 0 Å². The van der Waals surface area contributed by atoms with Crippen LogP contribution in [0.5, 0.6) is 0 Å². The number of rotatable bonds is 12. The van der Waals surface area contributed by atoms with E-state index < -0.39 is 0 Å². The largest absolute Gasteiger partial charge is 0.271 e. The standard InChI is InChI=1S/C31H36INO2/c1-3-5-7-9-12-24(13-10-8-6-4-2)33-30(34)27-15-11-14-26-25(22-16-18-23(32)19-17-22)20-21-28(29(26)27)31(33)35/h11,14-21,24H,3-10,12-13H2,1-2H3. The molecule has 4 rings (SSSR count). The van der Waals surface area contributed by atoms with Crippen molar-refractivity contribution in [3.63, 3.8) is 0 Å². The summed E-state index contributed by atoms with van der Waals surface area (Å²) >= 11 is 2.31. The first-order valence-corrected chi connectivity index (χ1v) is 14.3. The van der Waals surface area contributed by atoms with Crippen LogP contribution in [0.25, 0.3) is 21.9 Å². The van der Waals surface area contributed by atoms with Gasteiger partial charge in [-0.05, 0) is 76.2 Å². The number of hydrogen-bond donors (Lipinski definition) is 0. The van der Waals surface area contributed by atoms with E-state index >= 15 is 0 Å². The molecule has 184 valence electrons. The van der Waals surface area contributed by atoms with Gasteiger partial charge in [-0.25, -0.2) is 0 Å². The summed E-state index contributed by atoms with van der Waals surface area (Å²) in [4.78, 5) is 29.3. The van der Waals surface area contributed by atoms with Crippen molar-refractivity contribution < 1.29 is 9.59 Å². The zero-order valence-electron chi connectivity index (χ0n) is 21.0. The number of nitrogens with zero attached hydrogens (tertiary/aromatic N) is 1. The first-order chi connectivity index (χ1) is 17.1. The van der Waals surface area contributed by atoms with Gasteiger partial charge < -0.3 is 0 Å². The molecule has 0 N–H and O–H groups in total. The summed E-state index contributed by atoms with van der Waals surface area (Å²) < 4.78 is 1.18. The predicted molar refractivity (Wildman–Crippen MR) is 154 cm³/mol. The van der Waals surface area contributed by atoms with Gasteiger partial charge in [-0.3, -0.25) is 14.5 Å². The van der Waals surface area contributed by atoms with E-state index in [-0.39, 0.29) is 17.9 Å². The molecule has 3 aromatic rings. The normalized spacial score (nSPS) is 13.3. The maximum Gasteiger partial charge on any atom is 0.261 e. The van der Waals surface area contributed by atoms with Gasteiger partial charge >= 0.3 is 0 Å². The molecule has 1 aliphatic heterocycles. The van der Waals surface area contributed by atoms with Gasteiger partial charge in [-0.1, -0.05) is 95.5 Å². The minimum absolute atomic E-state index is 0.0250. The van der Waals surface area contributed by atoms with E-state index in [1.165, 1.54) is 29.3 Å². The van der Waals surface area contributed by atoms with Crippen LogP contribution in [-0.4, -0.2) is 22.8 Å². The Balaban J connectivity index is 1.70. The molecular weight excluding hydrogens is 545 g/mol. The first-order valence-electron chi connectivity index (χ1n) is 13.3. The van der Waals surface area contributed by atoms with Gasteiger partial charge in [-0.2, -0.15) is 0 Å². The van der Waals surface area contributed by atoms with Crippen LogP contribution in [0.3, 0.4) is 0 Å². The molecule has 0 fully saturated rings. The average Bonchev–Trinajstić information content (AvgIpc) is 2.87. The van der Waals surface area contributed by atoms with Gasteiger partial charge in [0, 0.05) is 26.1 Å². The molecule has 0 radical (unpaired) electrons. The lowest BCUT2D eigenvalue weighted by molar-refractivity contribution is 0.0517. The third kappa shape index (κ3) is 5.63. The van der Waals surface area contributed by atoms with Crippen LogP contribution in [0.15, 0.2) is 54.6 Å². The van der Waals surface area contributed by atoms with Crippen LogP contribution < -0.4 is 0 Å². The molecule has 1 aliphatic rings. The second-order valence-corrected chi connectivity index (χ2v) is 11.0. The highest BCUT2D eigenvalue weighted by Gasteiger charge is 2.37. The number of carbonyl (C=O) groups excluding carboxylic acids is 2. The number of imide groups is 1. The monoisotopic (exact) mass is 581 g/mol. The van der Waals surface area contributed by atoms with Gasteiger partial charge in [-0.15, -0.1) is 0 Å². The van der Waals surface area contributed by atoms with Crippen molar-refractivity contribution in [2.24, 2.45) is 0 Å². The van der Waals surface area contributed by atoms with E-state index in [0.717, 1.165) is 60.4 Å². The Morgan fingerprint density at radius 3 is 1.86 bits per heavy atom. The van der Waals surface area contributed by atoms with Gasteiger partial charge in [0.2, 0.25) is 0 Å². The molecule has 0 aliphatic carbocycles. The Morgan fingerprint density at radius 1 is 0.686 bits per heavy atom. The molecule has 2 amide bonds. The Kier molecular flexibility index (Phi) is 8.99. The predicted octanol–water partition coefficient (Wildman–Crippen LogP) is 9.02. The van der Waals surface area contributed by atoms with Crippen LogP contribution in [0.1, 0.15) is 98.8 Å². The van der Waals surface area contributed by atoms with Crippen molar-refractivity contribution in [3.8, 4) is 11.1 Å². The fourth-order valence-corrected chi connectivity index (χ4v) is 5.70. The van der Waals surface area contributed by atoms with Gasteiger partial charge in [0.1, 0.15) is 0 Å². The van der Waals surface area contributed by atoms with Crippen LogP contribution in [-0.2, 0) is 0 Å². The van der Waals surface area contributed by atoms with Crippen molar-refractivity contribution >= 4 is 45.2 Å². The van der Waals surface area contributed by atoms with Crippen molar-refractivity contribution in [3.05, 3.63) is 69.3 Å². The van der Waals surface area contributed by atoms with E-state index in [1.54, 1.807) is 4.90 Å². The number of amides is 2. The van der Waals surface area contributed by atoms with Crippen LogP contribution in [0.4, 0.5) is 0 Å². The zero-order valence-corrected chi connectivity index (χ0v) is 23.1. The average molecular weight is 582 g/mol. The molecule has 0 atom stereocenters. The summed E-state index contributed by atoms with van der Waals surface area (Å²) in [7, 11) is 0. The molecule has 0 aromatic heterocycles. The summed E-state index contributed by atoms with van der Waals surface area (Å²) in [6, 6.07) is 18.2. The zero-order chi connectivity index (χ0) is 24.8. The Morgan fingerprint density at radius 2 is 1.26 bits per heavy atom. The molecule has 0 saturated carbocycles. The molecule has 0 spiro atoms. The Labute approximate surface area is 223 Å². The van der Waals surface area contributed by atoms with Crippen molar-refractivity contribution in [2.45, 2.75) is 84.1 Å². The SMILES string of the molecule is CCCCCCC(CCCCCC)N1C(=O)c2cccc3c(-c4ccc(I)cc4)ccc(c23)C1=O. The summed E-state index contributed by atoms with van der Waals surface area (Å²) in [5.74, 6) is -0.243. The molecule has 35 heavy (non-hydrogen) atoms. The van der Waals surface area contributed by atoms with Crippen molar-refractivity contribution in [1.29, 1.82) is 0 Å². The molecule has 3 aromatic carbocycles. The number of benzene rings is 3. The maximum atomic E-state index is 13.8. The van der Waals surface area contributed by atoms with E-state index in [2.05, 4.69) is 60.7 Å². The minimum Gasteiger partial charge on any atom is -0.271 e. The minimum atomic E-state index is -0.121. The number of halogens is 1. The van der Waals surface area contributed by atoms with E-state index in [0.29, 0.717) is 11.1 Å². The number of hydrogen-bond acceptors (Lipinski definition) is 2. The Bertz CT molecular complexity index is 1150. The van der Waals surface area contributed by atoms with Crippen LogP contribution >= 0.6 is 22.6 Å². The molecule has 0 bridgehead atoms. The molecular formula is C31H36INO2. The lowest BCUT2D eigenvalue weighted by Gasteiger charge is -2.34. The second-order valence-electron chi connectivity index (χ2n) is 9.73. The summed E-state index contributed by atoms with van der Waals surface area (Å²) in [5.41, 5.74) is 3.49.